The first-order chi connectivity index (χ1) is 14.4. The van der Waals surface area contributed by atoms with E-state index in [0.717, 1.165) is 12.1 Å². The van der Waals surface area contributed by atoms with Crippen molar-refractivity contribution in [1.82, 2.24) is 9.88 Å². The summed E-state index contributed by atoms with van der Waals surface area (Å²) in [7, 11) is 0. The van der Waals surface area contributed by atoms with Gasteiger partial charge in [0, 0.05) is 24.2 Å². The third kappa shape index (κ3) is 4.36. The minimum Gasteiger partial charge on any atom is -0.430 e. The van der Waals surface area contributed by atoms with Gasteiger partial charge >= 0.3 is 0 Å². The molecule has 3 atom stereocenters. The number of hydrogen-bond donors (Lipinski definition) is 2. The number of primary amides is 1. The van der Waals surface area contributed by atoms with Gasteiger partial charge in [0.05, 0.1) is 5.39 Å². The number of aromatic nitrogens is 1. The topological polar surface area (TPSA) is 101 Å². The summed E-state index contributed by atoms with van der Waals surface area (Å²) in [4.78, 5) is 31.4. The van der Waals surface area contributed by atoms with Crippen LogP contribution in [0.15, 0.2) is 16.5 Å². The molecule has 2 amide bonds. The van der Waals surface area contributed by atoms with Gasteiger partial charge in [0.1, 0.15) is 5.69 Å². The molecule has 3 N–H and O–H groups in total. The molecule has 0 bridgehead atoms. The van der Waals surface area contributed by atoms with Gasteiger partial charge in [-0.25, -0.2) is 4.98 Å². The Morgan fingerprint density at radius 1 is 1.27 bits per heavy atom. The summed E-state index contributed by atoms with van der Waals surface area (Å²) < 4.78 is 5.51. The number of aryl methyl sites for hydroxylation is 1. The molecule has 1 unspecified atom stereocenters. The van der Waals surface area contributed by atoms with Gasteiger partial charge in [-0.2, -0.15) is 0 Å². The molecule has 1 saturated carbocycles. The Bertz CT molecular complexity index is 938. The molecule has 1 aliphatic heterocycles. The minimum absolute atomic E-state index is 0.0449. The Balaban J connectivity index is 1.35. The molecule has 2 aromatic heterocycles. The quantitative estimate of drug-likeness (QED) is 0.747. The van der Waals surface area contributed by atoms with Crippen molar-refractivity contribution in [2.24, 2.45) is 11.7 Å². The van der Waals surface area contributed by atoms with Crippen LogP contribution in [-0.2, 0) is 4.79 Å². The van der Waals surface area contributed by atoms with Gasteiger partial charge in [-0.15, -0.1) is 0 Å². The molecule has 0 aromatic carbocycles. The van der Waals surface area contributed by atoms with E-state index in [4.69, 9.17) is 10.2 Å². The number of furan rings is 1. The highest BCUT2D eigenvalue weighted by Crippen LogP contribution is 2.36. The highest BCUT2D eigenvalue weighted by molar-refractivity contribution is 6.09. The van der Waals surface area contributed by atoms with Crippen LogP contribution in [0.5, 0.6) is 0 Å². The number of nitrogens with two attached hydrogens (primary N) is 1. The largest absolute Gasteiger partial charge is 0.430 e. The van der Waals surface area contributed by atoms with Crippen molar-refractivity contribution in [2.75, 3.05) is 11.9 Å². The number of nitrogens with zero attached hydrogens (tertiary/aromatic N) is 2. The van der Waals surface area contributed by atoms with E-state index < -0.39 is 5.91 Å². The Hall–Kier alpha value is -2.41. The first kappa shape index (κ1) is 20.8. The van der Waals surface area contributed by atoms with Crippen molar-refractivity contribution in [3.05, 3.63) is 23.6 Å². The molecule has 2 aliphatic rings. The fourth-order valence-electron chi connectivity index (χ4n) is 5.18. The van der Waals surface area contributed by atoms with Crippen molar-refractivity contribution in [3.8, 4) is 0 Å². The molecule has 2 aromatic rings. The fourth-order valence-corrected chi connectivity index (χ4v) is 5.18. The highest BCUT2D eigenvalue weighted by atomic mass is 16.4. The second-order valence-corrected chi connectivity index (χ2v) is 8.98. The maximum Gasteiger partial charge on any atom is 0.286 e. The number of carbonyl (C=O) groups is 2. The van der Waals surface area contributed by atoms with Crippen molar-refractivity contribution >= 4 is 28.6 Å². The minimum atomic E-state index is -0.713. The van der Waals surface area contributed by atoms with E-state index in [1.165, 1.54) is 45.1 Å². The number of fused-ring (bicyclic) bond motifs is 1. The third-order valence-electron chi connectivity index (χ3n) is 6.80. The maximum atomic E-state index is 12.7. The van der Waals surface area contributed by atoms with Crippen LogP contribution in [0.4, 0.5) is 5.69 Å². The van der Waals surface area contributed by atoms with Crippen molar-refractivity contribution < 1.29 is 14.0 Å². The molecule has 7 nitrogen and oxygen atoms in total. The lowest BCUT2D eigenvalue weighted by atomic mass is 9.98. The molecule has 2 fully saturated rings. The SMILES string of the molecule is Cc1ccc2c(NC(=O)CCC3CC[C@@H](N4CCCC[C@@H]4C)C3)c(C(N)=O)oc2n1. The average molecular weight is 413 g/mol. The normalized spacial score (nSPS) is 24.9. The summed E-state index contributed by atoms with van der Waals surface area (Å²) >= 11 is 0. The van der Waals surface area contributed by atoms with Crippen LogP contribution in [0, 0.1) is 12.8 Å². The molecule has 0 radical (unpaired) electrons. The number of likely N-dealkylation sites (tertiary alicyclic amines) is 1. The van der Waals surface area contributed by atoms with E-state index in [1.54, 1.807) is 6.07 Å². The second-order valence-electron chi connectivity index (χ2n) is 8.98. The Kier molecular flexibility index (Phi) is 6.09. The number of pyridine rings is 1. The molecule has 30 heavy (non-hydrogen) atoms. The summed E-state index contributed by atoms with van der Waals surface area (Å²) in [5.74, 6) is -0.293. The van der Waals surface area contributed by atoms with E-state index in [9.17, 15) is 9.59 Å². The van der Waals surface area contributed by atoms with Gasteiger partial charge in [-0.1, -0.05) is 6.42 Å². The van der Waals surface area contributed by atoms with Gasteiger partial charge in [0.25, 0.3) is 5.91 Å². The number of hydrogen-bond acceptors (Lipinski definition) is 5. The van der Waals surface area contributed by atoms with Crippen molar-refractivity contribution in [2.45, 2.75) is 77.3 Å². The van der Waals surface area contributed by atoms with Crippen LogP contribution < -0.4 is 11.1 Å². The zero-order valence-corrected chi connectivity index (χ0v) is 17.9. The Morgan fingerprint density at radius 3 is 2.87 bits per heavy atom. The van der Waals surface area contributed by atoms with Gasteiger partial charge in [-0.05, 0) is 77.0 Å². The predicted octanol–water partition coefficient (Wildman–Crippen LogP) is 4.00. The number of piperidine rings is 1. The molecular weight excluding hydrogens is 380 g/mol. The van der Waals surface area contributed by atoms with Gasteiger partial charge < -0.3 is 15.5 Å². The van der Waals surface area contributed by atoms with Crippen LogP contribution in [0.3, 0.4) is 0 Å². The lowest BCUT2D eigenvalue weighted by Crippen LogP contribution is -2.43. The van der Waals surface area contributed by atoms with Crippen LogP contribution >= 0.6 is 0 Å². The molecule has 4 rings (SSSR count). The average Bonchev–Trinajstić information content (AvgIpc) is 3.31. The number of carbonyl (C=O) groups excluding carboxylic acids is 2. The number of anilines is 1. The van der Waals surface area contributed by atoms with E-state index in [2.05, 4.69) is 22.1 Å². The van der Waals surface area contributed by atoms with Crippen LogP contribution in [-0.4, -0.2) is 40.3 Å². The molecule has 3 heterocycles. The number of rotatable bonds is 6. The van der Waals surface area contributed by atoms with E-state index in [-0.39, 0.29) is 11.7 Å². The smallest absolute Gasteiger partial charge is 0.286 e. The molecule has 0 spiro atoms. The van der Waals surface area contributed by atoms with Crippen LogP contribution in [0.2, 0.25) is 0 Å². The van der Waals surface area contributed by atoms with E-state index in [1.807, 2.05) is 13.0 Å². The summed E-state index contributed by atoms with van der Waals surface area (Å²) in [6.07, 6.45) is 8.86. The zero-order valence-electron chi connectivity index (χ0n) is 17.9. The van der Waals surface area contributed by atoms with Gasteiger partial charge in [-0.3, -0.25) is 14.5 Å². The van der Waals surface area contributed by atoms with Crippen molar-refractivity contribution in [1.29, 1.82) is 0 Å². The standard InChI is InChI=1S/C23H32N4O3/c1-14-6-10-18-20(21(22(24)29)30-23(18)25-14)26-19(28)11-8-16-7-9-17(13-16)27-12-4-3-5-15(27)2/h6,10,15-17H,3-5,7-9,11-13H2,1-2H3,(H2,24,29)(H,26,28)/t15-,16?,17+/m0/s1. The van der Waals surface area contributed by atoms with Crippen LogP contribution in [0.25, 0.3) is 11.1 Å². The molecular formula is C23H32N4O3. The molecule has 7 heteroatoms. The number of nitrogens with one attached hydrogen (secondary N) is 1. The fraction of sp³-hybridized carbons (Fsp3) is 0.609. The van der Waals surface area contributed by atoms with Gasteiger partial charge in [0.15, 0.2) is 0 Å². The first-order valence-corrected chi connectivity index (χ1v) is 11.2. The third-order valence-corrected chi connectivity index (χ3v) is 6.80. The Labute approximate surface area is 177 Å². The lowest BCUT2D eigenvalue weighted by molar-refractivity contribution is -0.116. The Morgan fingerprint density at radius 2 is 2.10 bits per heavy atom. The monoisotopic (exact) mass is 412 g/mol. The predicted molar refractivity (Wildman–Crippen MR) is 116 cm³/mol. The van der Waals surface area contributed by atoms with E-state index >= 15 is 0 Å². The lowest BCUT2D eigenvalue weighted by Gasteiger charge is -2.38. The zero-order chi connectivity index (χ0) is 21.3. The highest BCUT2D eigenvalue weighted by Gasteiger charge is 2.32. The van der Waals surface area contributed by atoms with E-state index in [0.29, 0.717) is 41.2 Å². The van der Waals surface area contributed by atoms with Crippen molar-refractivity contribution in [3.63, 3.8) is 0 Å². The summed E-state index contributed by atoms with van der Waals surface area (Å²) in [6, 6.07) is 4.97. The summed E-state index contributed by atoms with van der Waals surface area (Å²) in [5, 5.41) is 3.46. The summed E-state index contributed by atoms with van der Waals surface area (Å²) in [5.41, 5.74) is 6.86. The summed E-state index contributed by atoms with van der Waals surface area (Å²) in [6.45, 7) is 5.40. The second kappa shape index (κ2) is 8.76. The van der Waals surface area contributed by atoms with Gasteiger partial charge in [0.2, 0.25) is 17.4 Å². The maximum absolute atomic E-state index is 12.7. The molecule has 162 valence electrons. The molecule has 1 saturated heterocycles. The first-order valence-electron chi connectivity index (χ1n) is 11.2. The molecule has 1 aliphatic carbocycles. The van der Waals surface area contributed by atoms with Crippen LogP contribution in [0.1, 0.15) is 74.5 Å². The number of amides is 2.